The van der Waals surface area contributed by atoms with Crippen molar-refractivity contribution in [3.8, 4) is 0 Å². The maximum atomic E-state index is 12.3. The number of carbonyl (C=O) groups is 1. The van der Waals surface area contributed by atoms with Crippen LogP contribution in [-0.2, 0) is 0 Å². The highest BCUT2D eigenvalue weighted by Gasteiger charge is 2.22. The Morgan fingerprint density at radius 2 is 1.96 bits per heavy atom. The monoisotopic (exact) mass is 361 g/mol. The van der Waals surface area contributed by atoms with Gasteiger partial charge in [0.05, 0.1) is 5.56 Å². The van der Waals surface area contributed by atoms with Gasteiger partial charge in [-0.05, 0) is 31.9 Å². The lowest BCUT2D eigenvalue weighted by Crippen LogP contribution is -2.45. The first-order valence-electron chi connectivity index (χ1n) is 8.26. The summed E-state index contributed by atoms with van der Waals surface area (Å²) in [6, 6.07) is 3.71. The Morgan fingerprint density at radius 1 is 1.24 bits per heavy atom. The molecular weight excluding hydrogens is 342 g/mol. The fourth-order valence-electron chi connectivity index (χ4n) is 2.69. The van der Waals surface area contributed by atoms with Gasteiger partial charge in [-0.15, -0.1) is 10.2 Å². The third-order valence-electron chi connectivity index (χ3n) is 4.02. The van der Waals surface area contributed by atoms with Crippen molar-refractivity contribution in [2.45, 2.75) is 25.8 Å². The molecule has 25 heavy (non-hydrogen) atoms. The van der Waals surface area contributed by atoms with E-state index in [1.807, 2.05) is 13.0 Å². The summed E-state index contributed by atoms with van der Waals surface area (Å²) in [5, 5.41) is 14.4. The van der Waals surface area contributed by atoms with E-state index in [1.54, 1.807) is 18.5 Å². The molecule has 0 spiro atoms. The van der Waals surface area contributed by atoms with E-state index in [-0.39, 0.29) is 11.9 Å². The number of anilines is 2. The second kappa shape index (κ2) is 8.06. The van der Waals surface area contributed by atoms with Gasteiger partial charge in [-0.1, -0.05) is 11.6 Å². The van der Waals surface area contributed by atoms with E-state index < -0.39 is 0 Å². The molecule has 1 aliphatic rings. The molecule has 9 heteroatoms. The third-order valence-corrected chi connectivity index (χ3v) is 4.22. The minimum absolute atomic E-state index is 0.123. The van der Waals surface area contributed by atoms with Gasteiger partial charge in [0, 0.05) is 38.1 Å². The molecule has 1 amide bonds. The lowest BCUT2D eigenvalue weighted by atomic mass is 10.0. The van der Waals surface area contributed by atoms with Crippen molar-refractivity contribution >= 4 is 29.3 Å². The Bertz CT molecular complexity index is 699. The molecule has 2 aromatic rings. The van der Waals surface area contributed by atoms with Gasteiger partial charge in [0.15, 0.2) is 11.0 Å². The van der Waals surface area contributed by atoms with Gasteiger partial charge < -0.3 is 15.5 Å². The normalized spacial score (nSPS) is 15.0. The molecular formula is C16H20ClN7O. The standard InChI is InChI=1S/C16H20ClN7O/c1-2-18-16-19-9-11(10-20-16)15(25)21-12-5-7-24(8-6-12)14-4-3-13(17)22-23-14/h3-4,9-10,12H,2,5-8H2,1H3,(H,21,25)(H,18,19,20). The quantitative estimate of drug-likeness (QED) is 0.837. The molecule has 1 fully saturated rings. The van der Waals surface area contributed by atoms with Gasteiger partial charge in [-0.25, -0.2) is 9.97 Å². The van der Waals surface area contributed by atoms with E-state index in [9.17, 15) is 4.79 Å². The summed E-state index contributed by atoms with van der Waals surface area (Å²) in [6.07, 6.45) is 4.76. The van der Waals surface area contributed by atoms with Crippen LogP contribution < -0.4 is 15.5 Å². The molecule has 0 radical (unpaired) electrons. The number of piperidine rings is 1. The SMILES string of the molecule is CCNc1ncc(C(=O)NC2CCN(c3ccc(Cl)nn3)CC2)cn1. The fraction of sp³-hybridized carbons (Fsp3) is 0.438. The summed E-state index contributed by atoms with van der Waals surface area (Å²) in [6.45, 7) is 4.31. The first kappa shape index (κ1) is 17.3. The highest BCUT2D eigenvalue weighted by Crippen LogP contribution is 2.18. The van der Waals surface area contributed by atoms with Crippen molar-refractivity contribution < 1.29 is 4.79 Å². The highest BCUT2D eigenvalue weighted by atomic mass is 35.5. The Kier molecular flexibility index (Phi) is 5.60. The van der Waals surface area contributed by atoms with Crippen LogP contribution in [0.25, 0.3) is 0 Å². The average Bonchev–Trinajstić information content (AvgIpc) is 2.64. The van der Waals surface area contributed by atoms with Crippen LogP contribution in [-0.4, -0.2) is 51.7 Å². The molecule has 0 saturated carbocycles. The number of rotatable bonds is 5. The van der Waals surface area contributed by atoms with E-state index in [1.165, 1.54) is 0 Å². The molecule has 3 rings (SSSR count). The van der Waals surface area contributed by atoms with E-state index >= 15 is 0 Å². The Balaban J connectivity index is 1.51. The summed E-state index contributed by atoms with van der Waals surface area (Å²) in [5.74, 6) is 1.19. The van der Waals surface area contributed by atoms with E-state index in [0.717, 1.165) is 38.3 Å². The summed E-state index contributed by atoms with van der Waals surface area (Å²) < 4.78 is 0. The third kappa shape index (κ3) is 4.54. The zero-order chi connectivity index (χ0) is 17.6. The van der Waals surface area contributed by atoms with Crippen molar-refractivity contribution in [2.75, 3.05) is 29.9 Å². The van der Waals surface area contributed by atoms with Crippen molar-refractivity contribution in [3.63, 3.8) is 0 Å². The van der Waals surface area contributed by atoms with Crippen LogP contribution in [0, 0.1) is 0 Å². The summed E-state index contributed by atoms with van der Waals surface area (Å²) >= 11 is 5.76. The second-order valence-electron chi connectivity index (χ2n) is 5.77. The van der Waals surface area contributed by atoms with E-state index in [4.69, 9.17) is 11.6 Å². The lowest BCUT2D eigenvalue weighted by Gasteiger charge is -2.32. The molecule has 1 aliphatic heterocycles. The molecule has 0 atom stereocenters. The number of hydrogen-bond acceptors (Lipinski definition) is 7. The van der Waals surface area contributed by atoms with Gasteiger partial charge in [-0.3, -0.25) is 4.79 Å². The van der Waals surface area contributed by atoms with Crippen molar-refractivity contribution in [3.05, 3.63) is 35.2 Å². The minimum atomic E-state index is -0.146. The summed E-state index contributed by atoms with van der Waals surface area (Å²) in [5.41, 5.74) is 0.465. The van der Waals surface area contributed by atoms with Crippen LogP contribution in [0.2, 0.25) is 5.15 Å². The number of aromatic nitrogens is 4. The number of halogens is 1. The van der Waals surface area contributed by atoms with Gasteiger partial charge >= 0.3 is 0 Å². The zero-order valence-electron chi connectivity index (χ0n) is 13.9. The van der Waals surface area contributed by atoms with Gasteiger partial charge in [0.2, 0.25) is 5.95 Å². The molecule has 0 bridgehead atoms. The molecule has 2 N–H and O–H groups in total. The fourth-order valence-corrected chi connectivity index (χ4v) is 2.79. The Labute approximate surface area is 151 Å². The predicted molar refractivity (Wildman–Crippen MR) is 95.9 cm³/mol. The minimum Gasteiger partial charge on any atom is -0.355 e. The summed E-state index contributed by atoms with van der Waals surface area (Å²) in [7, 11) is 0. The number of nitrogens with one attached hydrogen (secondary N) is 2. The number of hydrogen-bond donors (Lipinski definition) is 2. The van der Waals surface area contributed by atoms with Crippen LogP contribution in [0.4, 0.5) is 11.8 Å². The lowest BCUT2D eigenvalue weighted by molar-refractivity contribution is 0.0930. The first-order chi connectivity index (χ1) is 12.2. The Morgan fingerprint density at radius 3 is 2.56 bits per heavy atom. The van der Waals surface area contributed by atoms with Crippen LogP contribution in [0.3, 0.4) is 0 Å². The van der Waals surface area contributed by atoms with Crippen LogP contribution in [0.1, 0.15) is 30.1 Å². The van der Waals surface area contributed by atoms with Crippen molar-refractivity contribution in [2.24, 2.45) is 0 Å². The number of amides is 1. The molecule has 0 aliphatic carbocycles. The average molecular weight is 362 g/mol. The maximum Gasteiger partial charge on any atom is 0.254 e. The largest absolute Gasteiger partial charge is 0.355 e. The predicted octanol–water partition coefficient (Wildman–Crippen LogP) is 1.75. The zero-order valence-corrected chi connectivity index (χ0v) is 14.7. The maximum absolute atomic E-state index is 12.3. The molecule has 0 unspecified atom stereocenters. The number of carbonyl (C=O) groups excluding carboxylic acids is 1. The molecule has 2 aromatic heterocycles. The van der Waals surface area contributed by atoms with Gasteiger partial charge in [0.25, 0.3) is 5.91 Å². The molecule has 132 valence electrons. The van der Waals surface area contributed by atoms with E-state index in [0.29, 0.717) is 16.7 Å². The van der Waals surface area contributed by atoms with Gasteiger partial charge in [-0.2, -0.15) is 0 Å². The van der Waals surface area contributed by atoms with Crippen LogP contribution >= 0.6 is 11.6 Å². The Hall–Kier alpha value is -2.48. The van der Waals surface area contributed by atoms with E-state index in [2.05, 4.69) is 35.7 Å². The molecule has 8 nitrogen and oxygen atoms in total. The van der Waals surface area contributed by atoms with Crippen LogP contribution in [0.5, 0.6) is 0 Å². The first-order valence-corrected chi connectivity index (χ1v) is 8.64. The smallest absolute Gasteiger partial charge is 0.254 e. The van der Waals surface area contributed by atoms with Gasteiger partial charge in [0.1, 0.15) is 0 Å². The molecule has 3 heterocycles. The number of nitrogens with zero attached hydrogens (tertiary/aromatic N) is 5. The summed E-state index contributed by atoms with van der Waals surface area (Å²) in [4.78, 5) is 22.7. The van der Waals surface area contributed by atoms with Crippen LogP contribution in [0.15, 0.2) is 24.5 Å². The highest BCUT2D eigenvalue weighted by molar-refractivity contribution is 6.29. The van der Waals surface area contributed by atoms with Crippen molar-refractivity contribution in [1.29, 1.82) is 0 Å². The second-order valence-corrected chi connectivity index (χ2v) is 6.16. The molecule has 1 saturated heterocycles. The topological polar surface area (TPSA) is 95.9 Å². The molecule has 0 aromatic carbocycles. The van der Waals surface area contributed by atoms with Crippen molar-refractivity contribution in [1.82, 2.24) is 25.5 Å².